The molecule has 1 rings (SSSR count). The lowest BCUT2D eigenvalue weighted by Gasteiger charge is -2.12. The standard InChI is InChI=1S/C10H14O3/c1-4-5-12-10(11)9-7(2)6-8(3)13-9/h1,7-9H,5-6H2,2-3H3. The number of hydrogen-bond donors (Lipinski definition) is 0. The maximum absolute atomic E-state index is 11.3. The van der Waals surface area contributed by atoms with Crippen LogP contribution >= 0.6 is 0 Å². The van der Waals surface area contributed by atoms with Crippen molar-refractivity contribution in [2.75, 3.05) is 6.61 Å². The fourth-order valence-electron chi connectivity index (χ4n) is 1.57. The van der Waals surface area contributed by atoms with E-state index in [9.17, 15) is 4.79 Å². The van der Waals surface area contributed by atoms with Crippen molar-refractivity contribution in [1.29, 1.82) is 0 Å². The molecule has 3 nitrogen and oxygen atoms in total. The van der Waals surface area contributed by atoms with E-state index in [0.717, 1.165) is 6.42 Å². The SMILES string of the molecule is C#CCOC(=O)C1OC(C)CC1C. The highest BCUT2D eigenvalue weighted by atomic mass is 16.6. The average Bonchev–Trinajstić information content (AvgIpc) is 2.41. The lowest BCUT2D eigenvalue weighted by atomic mass is 10.0. The molecule has 1 fully saturated rings. The zero-order chi connectivity index (χ0) is 9.84. The summed E-state index contributed by atoms with van der Waals surface area (Å²) in [5, 5.41) is 0. The quantitative estimate of drug-likeness (QED) is 0.471. The summed E-state index contributed by atoms with van der Waals surface area (Å²) in [6.07, 6.45) is 5.58. The van der Waals surface area contributed by atoms with E-state index in [1.54, 1.807) is 0 Å². The van der Waals surface area contributed by atoms with E-state index in [1.165, 1.54) is 0 Å². The second-order valence-electron chi connectivity index (χ2n) is 3.39. The van der Waals surface area contributed by atoms with Gasteiger partial charge in [0.05, 0.1) is 6.10 Å². The molecule has 0 saturated carbocycles. The molecule has 1 aliphatic rings. The number of hydrogen-bond acceptors (Lipinski definition) is 3. The third-order valence-electron chi connectivity index (χ3n) is 2.13. The lowest BCUT2D eigenvalue weighted by molar-refractivity contribution is -0.156. The van der Waals surface area contributed by atoms with Crippen LogP contribution in [0, 0.1) is 18.3 Å². The van der Waals surface area contributed by atoms with Gasteiger partial charge in [-0.15, -0.1) is 6.42 Å². The molecule has 3 atom stereocenters. The van der Waals surface area contributed by atoms with Gasteiger partial charge in [0.1, 0.15) is 0 Å². The third kappa shape index (κ3) is 2.46. The fourth-order valence-corrected chi connectivity index (χ4v) is 1.57. The fraction of sp³-hybridized carbons (Fsp3) is 0.700. The zero-order valence-electron chi connectivity index (χ0n) is 7.95. The van der Waals surface area contributed by atoms with Gasteiger partial charge in [-0.3, -0.25) is 0 Å². The van der Waals surface area contributed by atoms with Crippen LogP contribution in [0.3, 0.4) is 0 Å². The maximum atomic E-state index is 11.3. The molecule has 0 aromatic carbocycles. The topological polar surface area (TPSA) is 35.5 Å². The van der Waals surface area contributed by atoms with Crippen LogP contribution in [-0.4, -0.2) is 24.8 Å². The molecule has 1 saturated heterocycles. The van der Waals surface area contributed by atoms with E-state index < -0.39 is 6.10 Å². The van der Waals surface area contributed by atoms with Crippen molar-refractivity contribution in [1.82, 2.24) is 0 Å². The summed E-state index contributed by atoms with van der Waals surface area (Å²) >= 11 is 0. The maximum Gasteiger partial charge on any atom is 0.336 e. The van der Waals surface area contributed by atoms with Crippen molar-refractivity contribution in [2.45, 2.75) is 32.5 Å². The Hall–Kier alpha value is -1.01. The van der Waals surface area contributed by atoms with Crippen molar-refractivity contribution in [2.24, 2.45) is 5.92 Å². The molecule has 0 amide bonds. The Labute approximate surface area is 78.4 Å². The molecule has 1 aliphatic heterocycles. The molecule has 3 unspecified atom stereocenters. The number of carbonyl (C=O) groups excluding carboxylic acids is 1. The van der Waals surface area contributed by atoms with Crippen LogP contribution in [0.2, 0.25) is 0 Å². The van der Waals surface area contributed by atoms with E-state index in [2.05, 4.69) is 5.92 Å². The van der Waals surface area contributed by atoms with Crippen molar-refractivity contribution < 1.29 is 14.3 Å². The van der Waals surface area contributed by atoms with Crippen molar-refractivity contribution in [3.05, 3.63) is 0 Å². The minimum Gasteiger partial charge on any atom is -0.451 e. The van der Waals surface area contributed by atoms with Crippen LogP contribution in [0.1, 0.15) is 20.3 Å². The van der Waals surface area contributed by atoms with Crippen LogP contribution in [-0.2, 0) is 14.3 Å². The summed E-state index contributed by atoms with van der Waals surface area (Å²) in [5.74, 6) is 2.13. The monoisotopic (exact) mass is 182 g/mol. The van der Waals surface area contributed by atoms with Crippen molar-refractivity contribution in [3.8, 4) is 12.3 Å². The van der Waals surface area contributed by atoms with Crippen LogP contribution in [0.15, 0.2) is 0 Å². The largest absolute Gasteiger partial charge is 0.451 e. The first-order valence-electron chi connectivity index (χ1n) is 4.40. The Bertz CT molecular complexity index is 229. The van der Waals surface area contributed by atoms with Gasteiger partial charge in [-0.05, 0) is 19.3 Å². The highest BCUT2D eigenvalue weighted by Crippen LogP contribution is 2.26. The summed E-state index contributed by atoms with van der Waals surface area (Å²) in [5.41, 5.74) is 0. The predicted molar refractivity (Wildman–Crippen MR) is 47.9 cm³/mol. The van der Waals surface area contributed by atoms with Gasteiger partial charge in [0.25, 0.3) is 0 Å². The van der Waals surface area contributed by atoms with Crippen LogP contribution in [0.25, 0.3) is 0 Å². The van der Waals surface area contributed by atoms with Gasteiger partial charge in [0, 0.05) is 0 Å². The highest BCUT2D eigenvalue weighted by Gasteiger charge is 2.35. The zero-order valence-corrected chi connectivity index (χ0v) is 7.95. The molecule has 0 radical (unpaired) electrons. The lowest BCUT2D eigenvalue weighted by Crippen LogP contribution is -2.27. The van der Waals surface area contributed by atoms with Gasteiger partial charge in [-0.25, -0.2) is 4.79 Å². The van der Waals surface area contributed by atoms with E-state index in [0.29, 0.717) is 0 Å². The predicted octanol–water partition coefficient (Wildman–Crippen LogP) is 0.976. The molecule has 0 spiro atoms. The third-order valence-corrected chi connectivity index (χ3v) is 2.13. The molecular formula is C10H14O3. The van der Waals surface area contributed by atoms with E-state index in [1.807, 2.05) is 13.8 Å². The van der Waals surface area contributed by atoms with E-state index in [-0.39, 0.29) is 24.6 Å². The molecule has 1 heterocycles. The summed E-state index contributed by atoms with van der Waals surface area (Å²) in [6.45, 7) is 3.95. The number of carbonyl (C=O) groups is 1. The molecule has 72 valence electrons. The Morgan fingerprint density at radius 2 is 2.38 bits per heavy atom. The molecule has 0 N–H and O–H groups in total. The first-order chi connectivity index (χ1) is 6.15. The molecule has 0 aliphatic carbocycles. The minimum absolute atomic E-state index is 0.0276. The van der Waals surface area contributed by atoms with Gasteiger partial charge in [0.15, 0.2) is 12.7 Å². The molecule has 13 heavy (non-hydrogen) atoms. The smallest absolute Gasteiger partial charge is 0.336 e. The van der Waals surface area contributed by atoms with Gasteiger partial charge in [0.2, 0.25) is 0 Å². The minimum atomic E-state index is -0.427. The second-order valence-corrected chi connectivity index (χ2v) is 3.39. The van der Waals surface area contributed by atoms with Gasteiger partial charge in [-0.2, -0.15) is 0 Å². The second kappa shape index (κ2) is 4.29. The van der Waals surface area contributed by atoms with Crippen molar-refractivity contribution >= 4 is 5.97 Å². The molecule has 3 heteroatoms. The average molecular weight is 182 g/mol. The Morgan fingerprint density at radius 1 is 1.69 bits per heavy atom. The van der Waals surface area contributed by atoms with Crippen LogP contribution < -0.4 is 0 Å². The number of esters is 1. The first kappa shape index (κ1) is 10.1. The summed E-state index contributed by atoms with van der Waals surface area (Å²) < 4.78 is 10.2. The number of terminal acetylenes is 1. The van der Waals surface area contributed by atoms with Gasteiger partial charge >= 0.3 is 5.97 Å². The van der Waals surface area contributed by atoms with Crippen LogP contribution in [0.4, 0.5) is 0 Å². The Morgan fingerprint density at radius 3 is 2.85 bits per heavy atom. The van der Waals surface area contributed by atoms with Gasteiger partial charge < -0.3 is 9.47 Å². The molecule has 0 aromatic heterocycles. The van der Waals surface area contributed by atoms with E-state index in [4.69, 9.17) is 15.9 Å². The summed E-state index contributed by atoms with van der Waals surface area (Å²) in [4.78, 5) is 11.3. The number of ether oxygens (including phenoxy) is 2. The summed E-state index contributed by atoms with van der Waals surface area (Å²) in [6, 6.07) is 0. The molecular weight excluding hydrogens is 168 g/mol. The Kier molecular flexibility index (Phi) is 3.32. The van der Waals surface area contributed by atoms with E-state index >= 15 is 0 Å². The molecule has 0 aromatic rings. The first-order valence-corrected chi connectivity index (χ1v) is 4.40. The summed E-state index contributed by atoms with van der Waals surface area (Å²) in [7, 11) is 0. The molecule has 0 bridgehead atoms. The highest BCUT2D eigenvalue weighted by molar-refractivity contribution is 5.75. The Balaban J connectivity index is 2.43. The normalized spacial score (nSPS) is 32.5. The van der Waals surface area contributed by atoms with Crippen molar-refractivity contribution in [3.63, 3.8) is 0 Å². The van der Waals surface area contributed by atoms with Gasteiger partial charge in [-0.1, -0.05) is 12.8 Å². The van der Waals surface area contributed by atoms with Crippen LogP contribution in [0.5, 0.6) is 0 Å². The number of rotatable bonds is 2.